The molecule has 2 atom stereocenters. The smallest absolute Gasteiger partial charge is 0.191 e. The number of aromatic nitrogens is 2. The Labute approximate surface area is 175 Å². The van der Waals surface area contributed by atoms with Crippen molar-refractivity contribution in [2.45, 2.75) is 72.1 Å². The summed E-state index contributed by atoms with van der Waals surface area (Å²) in [6.45, 7) is 13.9. The Morgan fingerprint density at radius 3 is 2.81 bits per heavy atom. The van der Waals surface area contributed by atoms with Gasteiger partial charge in [-0.3, -0.25) is 4.90 Å². The number of aliphatic imine (C=N–C) groups is 1. The lowest BCUT2D eigenvalue weighted by molar-refractivity contribution is 0.265. The van der Waals surface area contributed by atoms with Gasteiger partial charge in [0.05, 0.1) is 12.2 Å². The molecule has 2 aliphatic heterocycles. The fourth-order valence-corrected chi connectivity index (χ4v) is 3.82. The Morgan fingerprint density at radius 2 is 2.15 bits per heavy atom. The van der Waals surface area contributed by atoms with Gasteiger partial charge in [-0.15, -0.1) is 24.0 Å². The standard InChI is InChI=1S/C19H34N6.HI/c1-5-20-19(23-17-13-25(14(2)3)11-15(17)4)21-10-16-12-24-9-7-6-8-18(24)22-16;/h12,14-15,17H,5-11,13H2,1-4H3,(H2,20,21,23);1H. The summed E-state index contributed by atoms with van der Waals surface area (Å²) in [5.74, 6) is 2.77. The van der Waals surface area contributed by atoms with Crippen molar-refractivity contribution in [1.29, 1.82) is 0 Å². The van der Waals surface area contributed by atoms with Crippen LogP contribution in [0.15, 0.2) is 11.2 Å². The van der Waals surface area contributed by atoms with Crippen LogP contribution in [0.25, 0.3) is 0 Å². The molecule has 0 aromatic carbocycles. The number of likely N-dealkylation sites (tertiary alicyclic amines) is 1. The summed E-state index contributed by atoms with van der Waals surface area (Å²) in [5, 5.41) is 7.04. The zero-order chi connectivity index (χ0) is 17.8. The number of guanidine groups is 1. The fraction of sp³-hybridized carbons (Fsp3) is 0.789. The Kier molecular flexibility index (Phi) is 8.19. The number of imidazole rings is 1. The van der Waals surface area contributed by atoms with Crippen LogP contribution in [0.1, 0.15) is 52.1 Å². The Balaban J connectivity index is 0.00000243. The highest BCUT2D eigenvalue weighted by atomic mass is 127. The molecule has 6 nitrogen and oxygen atoms in total. The van der Waals surface area contributed by atoms with Crippen molar-refractivity contribution in [3.63, 3.8) is 0 Å². The largest absolute Gasteiger partial charge is 0.357 e. The molecule has 0 bridgehead atoms. The molecule has 1 aromatic rings. The van der Waals surface area contributed by atoms with Crippen molar-refractivity contribution in [3.05, 3.63) is 17.7 Å². The van der Waals surface area contributed by atoms with Gasteiger partial charge in [0.25, 0.3) is 0 Å². The number of aryl methyl sites for hydroxylation is 2. The molecule has 2 unspecified atom stereocenters. The van der Waals surface area contributed by atoms with Crippen molar-refractivity contribution in [2.24, 2.45) is 10.9 Å². The summed E-state index contributed by atoms with van der Waals surface area (Å²) in [5.41, 5.74) is 1.08. The Morgan fingerprint density at radius 1 is 1.35 bits per heavy atom. The number of rotatable bonds is 5. The summed E-state index contributed by atoms with van der Waals surface area (Å²) in [6.07, 6.45) is 5.81. The number of halogens is 1. The van der Waals surface area contributed by atoms with E-state index < -0.39 is 0 Å². The monoisotopic (exact) mass is 474 g/mol. The maximum atomic E-state index is 4.80. The van der Waals surface area contributed by atoms with Crippen LogP contribution in [0.2, 0.25) is 0 Å². The minimum atomic E-state index is 0. The second-order valence-electron chi connectivity index (χ2n) is 7.77. The highest BCUT2D eigenvalue weighted by molar-refractivity contribution is 14.0. The first-order valence-electron chi connectivity index (χ1n) is 9.90. The van der Waals surface area contributed by atoms with E-state index in [1.807, 2.05) is 0 Å². The fourth-order valence-electron chi connectivity index (χ4n) is 3.82. The molecule has 1 aromatic heterocycles. The van der Waals surface area contributed by atoms with Crippen LogP contribution >= 0.6 is 24.0 Å². The van der Waals surface area contributed by atoms with Crippen LogP contribution in [-0.2, 0) is 19.5 Å². The van der Waals surface area contributed by atoms with Gasteiger partial charge in [-0.1, -0.05) is 6.92 Å². The van der Waals surface area contributed by atoms with E-state index >= 15 is 0 Å². The van der Waals surface area contributed by atoms with Gasteiger partial charge in [-0.25, -0.2) is 9.98 Å². The molecule has 26 heavy (non-hydrogen) atoms. The highest BCUT2D eigenvalue weighted by Gasteiger charge is 2.31. The number of fused-ring (bicyclic) bond motifs is 1. The Hall–Kier alpha value is -0.830. The van der Waals surface area contributed by atoms with Crippen molar-refractivity contribution < 1.29 is 0 Å². The van der Waals surface area contributed by atoms with Gasteiger partial charge in [0.15, 0.2) is 5.96 Å². The molecule has 1 saturated heterocycles. The lowest BCUT2D eigenvalue weighted by Crippen LogP contribution is -2.46. The third-order valence-electron chi connectivity index (χ3n) is 5.39. The molecule has 148 valence electrons. The van der Waals surface area contributed by atoms with Gasteiger partial charge in [0, 0.05) is 50.9 Å². The van der Waals surface area contributed by atoms with E-state index in [-0.39, 0.29) is 24.0 Å². The summed E-state index contributed by atoms with van der Waals surface area (Å²) in [7, 11) is 0. The first-order valence-corrected chi connectivity index (χ1v) is 9.90. The first-order chi connectivity index (χ1) is 12.1. The van der Waals surface area contributed by atoms with E-state index in [2.05, 4.69) is 54.0 Å². The molecule has 3 heterocycles. The summed E-state index contributed by atoms with van der Waals surface area (Å²) < 4.78 is 2.30. The van der Waals surface area contributed by atoms with Gasteiger partial charge in [-0.05, 0) is 39.5 Å². The first kappa shape index (κ1) is 21.5. The third-order valence-corrected chi connectivity index (χ3v) is 5.39. The van der Waals surface area contributed by atoms with Crippen LogP contribution in [-0.4, -0.2) is 52.1 Å². The van der Waals surface area contributed by atoms with Crippen molar-refractivity contribution in [3.8, 4) is 0 Å². The van der Waals surface area contributed by atoms with E-state index in [4.69, 9.17) is 9.98 Å². The van der Waals surface area contributed by atoms with E-state index in [0.29, 0.717) is 24.5 Å². The van der Waals surface area contributed by atoms with Crippen LogP contribution in [0, 0.1) is 5.92 Å². The molecule has 2 N–H and O–H groups in total. The van der Waals surface area contributed by atoms with Crippen molar-refractivity contribution in [2.75, 3.05) is 19.6 Å². The molecule has 0 amide bonds. The van der Waals surface area contributed by atoms with E-state index in [0.717, 1.165) is 44.3 Å². The summed E-state index contributed by atoms with van der Waals surface area (Å²) in [4.78, 5) is 12.1. The third kappa shape index (κ3) is 5.34. The molecular weight excluding hydrogens is 439 g/mol. The average Bonchev–Trinajstić information content (AvgIpc) is 3.16. The van der Waals surface area contributed by atoms with E-state index in [1.165, 1.54) is 18.7 Å². The normalized spacial score (nSPS) is 23.7. The lowest BCUT2D eigenvalue weighted by Gasteiger charge is -2.21. The minimum absolute atomic E-state index is 0. The van der Waals surface area contributed by atoms with Gasteiger partial charge in [0.1, 0.15) is 5.82 Å². The zero-order valence-electron chi connectivity index (χ0n) is 16.7. The number of hydrogen-bond donors (Lipinski definition) is 2. The molecule has 0 aliphatic carbocycles. The second-order valence-corrected chi connectivity index (χ2v) is 7.77. The van der Waals surface area contributed by atoms with Crippen LogP contribution < -0.4 is 10.6 Å². The number of nitrogens with zero attached hydrogens (tertiary/aromatic N) is 4. The Bertz CT molecular complexity index is 573. The van der Waals surface area contributed by atoms with Gasteiger partial charge < -0.3 is 15.2 Å². The molecule has 2 aliphatic rings. The summed E-state index contributed by atoms with van der Waals surface area (Å²) >= 11 is 0. The van der Waals surface area contributed by atoms with Gasteiger partial charge in [0.2, 0.25) is 0 Å². The molecule has 0 radical (unpaired) electrons. The minimum Gasteiger partial charge on any atom is -0.357 e. The lowest BCUT2D eigenvalue weighted by atomic mass is 10.1. The molecule has 0 saturated carbocycles. The number of nitrogens with one attached hydrogen (secondary N) is 2. The predicted molar refractivity (Wildman–Crippen MR) is 118 cm³/mol. The SMILES string of the molecule is CCNC(=NCc1cn2c(n1)CCCC2)NC1CN(C(C)C)CC1C.I. The van der Waals surface area contributed by atoms with Crippen LogP contribution in [0.5, 0.6) is 0 Å². The van der Waals surface area contributed by atoms with Crippen molar-refractivity contribution in [1.82, 2.24) is 25.1 Å². The highest BCUT2D eigenvalue weighted by Crippen LogP contribution is 2.19. The van der Waals surface area contributed by atoms with E-state index in [9.17, 15) is 0 Å². The summed E-state index contributed by atoms with van der Waals surface area (Å²) in [6, 6.07) is 1.06. The average molecular weight is 474 g/mol. The molecular formula is C19H35IN6. The predicted octanol–water partition coefficient (Wildman–Crippen LogP) is 2.62. The molecule has 7 heteroatoms. The molecule has 0 spiro atoms. The maximum Gasteiger partial charge on any atom is 0.191 e. The van der Waals surface area contributed by atoms with Gasteiger partial charge in [-0.2, -0.15) is 0 Å². The number of hydrogen-bond acceptors (Lipinski definition) is 3. The maximum absolute atomic E-state index is 4.80. The van der Waals surface area contributed by atoms with Crippen LogP contribution in [0.3, 0.4) is 0 Å². The van der Waals surface area contributed by atoms with E-state index in [1.54, 1.807) is 0 Å². The second kappa shape index (κ2) is 9.92. The van der Waals surface area contributed by atoms with Crippen LogP contribution in [0.4, 0.5) is 0 Å². The topological polar surface area (TPSA) is 57.5 Å². The molecule has 3 rings (SSSR count). The molecule has 1 fully saturated rings. The quantitative estimate of drug-likeness (QED) is 0.392. The van der Waals surface area contributed by atoms with Crippen molar-refractivity contribution >= 4 is 29.9 Å². The zero-order valence-corrected chi connectivity index (χ0v) is 19.0. The van der Waals surface area contributed by atoms with Gasteiger partial charge >= 0.3 is 0 Å².